The molecule has 4 heterocycles. The Hall–Kier alpha value is -2.88. The third kappa shape index (κ3) is 4.64. The number of aromatic amines is 1. The Morgan fingerprint density at radius 2 is 1.77 bits per heavy atom. The van der Waals surface area contributed by atoms with Gasteiger partial charge in [0.25, 0.3) is 5.91 Å². The molecule has 2 bridgehead atoms. The molecular weight excluding hydrogens is 496 g/mol. The predicted octanol–water partition coefficient (Wildman–Crippen LogP) is 6.60. The summed E-state index contributed by atoms with van der Waals surface area (Å²) in [5, 5.41) is 5.84. The Bertz CT molecular complexity index is 1330. The van der Waals surface area contributed by atoms with Gasteiger partial charge in [-0.25, -0.2) is 4.98 Å². The van der Waals surface area contributed by atoms with E-state index in [1.54, 1.807) is 0 Å². The highest BCUT2D eigenvalue weighted by Gasteiger charge is 2.68. The van der Waals surface area contributed by atoms with E-state index in [2.05, 4.69) is 66.4 Å². The molecule has 1 aliphatic carbocycles. The van der Waals surface area contributed by atoms with Crippen molar-refractivity contribution in [3.8, 4) is 0 Å². The van der Waals surface area contributed by atoms with Gasteiger partial charge < -0.3 is 24.5 Å². The first kappa shape index (κ1) is 26.3. The summed E-state index contributed by atoms with van der Waals surface area (Å²) >= 11 is 0. The van der Waals surface area contributed by atoms with Gasteiger partial charge in [-0.15, -0.1) is 4.91 Å². The van der Waals surface area contributed by atoms with E-state index in [-0.39, 0.29) is 35.2 Å². The van der Waals surface area contributed by atoms with E-state index in [0.29, 0.717) is 0 Å². The van der Waals surface area contributed by atoms with Gasteiger partial charge in [-0.2, -0.15) is 0 Å². The highest BCUT2D eigenvalue weighted by Crippen LogP contribution is 2.58. The number of hydrogen-bond donors (Lipinski definition) is 2. The summed E-state index contributed by atoms with van der Waals surface area (Å²) in [7, 11) is 0. The lowest BCUT2D eigenvalue weighted by atomic mass is 9.75. The number of nitrogens with one attached hydrogen (secondary N) is 2. The van der Waals surface area contributed by atoms with Crippen LogP contribution in [0.3, 0.4) is 0 Å². The van der Waals surface area contributed by atoms with Gasteiger partial charge in [-0.05, 0) is 99.6 Å². The molecule has 0 saturated carbocycles. The third-order valence-corrected chi connectivity index (χ3v) is 9.03. The van der Waals surface area contributed by atoms with E-state index >= 15 is 0 Å². The van der Waals surface area contributed by atoms with Crippen LogP contribution in [0.2, 0.25) is 0 Å². The van der Waals surface area contributed by atoms with Crippen LogP contribution in [0.15, 0.2) is 35.6 Å². The molecule has 2 aromatic rings. The summed E-state index contributed by atoms with van der Waals surface area (Å²) in [5.74, 6) is -0.700. The highest BCUT2D eigenvalue weighted by molar-refractivity contribution is 6.03. The summed E-state index contributed by atoms with van der Waals surface area (Å²) in [6.45, 7) is 12.8. The van der Waals surface area contributed by atoms with E-state index in [4.69, 9.17) is 14.2 Å². The number of rotatable bonds is 5. The number of imidazole rings is 1. The van der Waals surface area contributed by atoms with E-state index in [9.17, 15) is 9.70 Å². The third-order valence-electron chi connectivity index (χ3n) is 9.03. The monoisotopic (exact) mass is 534 g/mol. The lowest BCUT2D eigenvalue weighted by Gasteiger charge is -2.43. The van der Waals surface area contributed by atoms with Gasteiger partial charge >= 0.3 is 0 Å². The molecule has 3 saturated heterocycles. The Balaban J connectivity index is 1.33. The Kier molecular flexibility index (Phi) is 5.95. The van der Waals surface area contributed by atoms with Crippen LogP contribution >= 0.6 is 0 Å². The zero-order valence-corrected chi connectivity index (χ0v) is 23.6. The first-order valence-electron chi connectivity index (χ1n) is 13.9. The molecule has 3 fully saturated rings. The molecule has 208 valence electrons. The molecule has 1 aromatic heterocycles. The summed E-state index contributed by atoms with van der Waals surface area (Å²) in [4.78, 5) is 30.5. The topological polar surface area (TPSA) is 115 Å². The molecule has 1 unspecified atom stereocenters. The first-order chi connectivity index (χ1) is 18.3. The van der Waals surface area contributed by atoms with Crippen molar-refractivity contribution in [1.82, 2.24) is 9.97 Å². The van der Waals surface area contributed by atoms with E-state index < -0.39 is 22.9 Å². The second-order valence-corrected chi connectivity index (χ2v) is 13.4. The number of allylic oxidation sites excluding steroid dienone is 2. The molecule has 9 heteroatoms. The number of nitroso groups, excluding NO2 is 1. The number of hydrogen-bond acceptors (Lipinski definition) is 7. The maximum Gasteiger partial charge on any atom is 0.291 e. The zero-order valence-electron chi connectivity index (χ0n) is 23.6. The quantitative estimate of drug-likeness (QED) is 0.418. The van der Waals surface area contributed by atoms with Crippen molar-refractivity contribution < 1.29 is 19.0 Å². The van der Waals surface area contributed by atoms with Crippen molar-refractivity contribution in [3.05, 3.63) is 52.3 Å². The van der Waals surface area contributed by atoms with Crippen molar-refractivity contribution in [2.24, 2.45) is 10.6 Å². The molecule has 9 nitrogen and oxygen atoms in total. The fourth-order valence-corrected chi connectivity index (χ4v) is 7.07. The van der Waals surface area contributed by atoms with Gasteiger partial charge in [-0.3, -0.25) is 4.79 Å². The maximum absolute atomic E-state index is 13.0. The predicted molar refractivity (Wildman–Crippen MR) is 148 cm³/mol. The minimum absolute atomic E-state index is 0.0187. The summed E-state index contributed by atoms with van der Waals surface area (Å²) in [6.07, 6.45) is 7.99. The number of nitrogens with zero attached hydrogens (tertiary/aromatic N) is 2. The van der Waals surface area contributed by atoms with Crippen LogP contribution in [0.1, 0.15) is 101 Å². The highest BCUT2D eigenvalue weighted by atomic mass is 16.8. The molecule has 2 N–H and O–H groups in total. The number of carbonyl (C=O) groups is 1. The molecule has 39 heavy (non-hydrogen) atoms. The fraction of sp³-hybridized carbons (Fsp3) is 0.600. The van der Waals surface area contributed by atoms with Crippen LogP contribution in [0.25, 0.3) is 5.57 Å². The van der Waals surface area contributed by atoms with Crippen LogP contribution in [0.5, 0.6) is 0 Å². The van der Waals surface area contributed by atoms with Crippen molar-refractivity contribution in [2.75, 3.05) is 5.32 Å². The molecule has 6 rings (SSSR count). The number of H-pyrrole nitrogens is 1. The molecular formula is C30H38N4O5. The number of benzene rings is 1. The second-order valence-electron chi connectivity index (χ2n) is 13.4. The summed E-state index contributed by atoms with van der Waals surface area (Å²) in [5.41, 5.74) is 3.58. The van der Waals surface area contributed by atoms with Crippen LogP contribution in [-0.4, -0.2) is 45.1 Å². The number of fused-ring (bicyclic) bond motifs is 5. The standard InChI is InChI=1S/C30H38N4O5/c1-27(2)11-9-17(10-12-27)20-13-18(7-8-21(20)32-26(35)25-31-16-22(33-25)34-36)19-14-29(5)23-24(30(6,15-19)39-29)38-28(3,4)37-23/h7-9,13,16,19,23-24H,10-12,14-15H2,1-6H3,(H,31,33)(H,32,35)/t19?,23-,24+,29+,30-. The van der Waals surface area contributed by atoms with Gasteiger partial charge in [0.05, 0.1) is 17.4 Å². The Morgan fingerprint density at radius 1 is 1.08 bits per heavy atom. The van der Waals surface area contributed by atoms with E-state index in [0.717, 1.165) is 43.4 Å². The number of ether oxygens (including phenoxy) is 3. The minimum atomic E-state index is -0.612. The van der Waals surface area contributed by atoms with Crippen LogP contribution in [0, 0.1) is 10.3 Å². The van der Waals surface area contributed by atoms with Crippen molar-refractivity contribution >= 4 is 23.0 Å². The number of anilines is 1. The van der Waals surface area contributed by atoms with Crippen LogP contribution in [0.4, 0.5) is 11.5 Å². The molecule has 4 aliphatic rings. The maximum atomic E-state index is 13.0. The number of amides is 1. The van der Waals surface area contributed by atoms with Gasteiger partial charge in [0.2, 0.25) is 0 Å². The lowest BCUT2D eigenvalue weighted by molar-refractivity contribution is -0.242. The van der Waals surface area contributed by atoms with Gasteiger partial charge in [0.15, 0.2) is 17.4 Å². The SMILES string of the molecule is CC1(C)CC=C(c2cc(C3C[C@@]4(C)O[C@@](C)(C3)[C@@H]3OC(C)(C)O[C@@H]34)ccc2NC(=O)c2ncc(N=O)[nH]2)CC1. The van der Waals surface area contributed by atoms with E-state index in [1.165, 1.54) is 17.3 Å². The van der Waals surface area contributed by atoms with Gasteiger partial charge in [0, 0.05) is 11.3 Å². The average Bonchev–Trinajstić information content (AvgIpc) is 3.52. The summed E-state index contributed by atoms with van der Waals surface area (Å²) in [6, 6.07) is 6.34. The van der Waals surface area contributed by atoms with Crippen molar-refractivity contribution in [1.29, 1.82) is 0 Å². The smallest absolute Gasteiger partial charge is 0.291 e. The van der Waals surface area contributed by atoms with Gasteiger partial charge in [-0.1, -0.05) is 26.0 Å². The molecule has 0 spiro atoms. The normalized spacial score (nSPS) is 34.3. The fourth-order valence-electron chi connectivity index (χ4n) is 7.07. The molecule has 1 amide bonds. The molecule has 1 aromatic carbocycles. The molecule has 3 aliphatic heterocycles. The average molecular weight is 535 g/mol. The van der Waals surface area contributed by atoms with Crippen LogP contribution in [-0.2, 0) is 14.2 Å². The zero-order chi connectivity index (χ0) is 27.8. The lowest BCUT2D eigenvalue weighted by Crippen LogP contribution is -2.46. The van der Waals surface area contributed by atoms with Gasteiger partial charge in [0.1, 0.15) is 12.2 Å². The molecule has 5 atom stereocenters. The van der Waals surface area contributed by atoms with Crippen molar-refractivity contribution in [3.63, 3.8) is 0 Å². The molecule has 0 radical (unpaired) electrons. The van der Waals surface area contributed by atoms with Crippen LogP contribution < -0.4 is 5.32 Å². The minimum Gasteiger partial charge on any atom is -0.363 e. The number of carbonyl (C=O) groups excluding carboxylic acids is 1. The largest absolute Gasteiger partial charge is 0.363 e. The summed E-state index contributed by atoms with van der Waals surface area (Å²) < 4.78 is 19.3. The number of aromatic nitrogens is 2. The second kappa shape index (κ2) is 8.81. The Labute approximate surface area is 229 Å². The van der Waals surface area contributed by atoms with E-state index in [1.807, 2.05) is 19.9 Å². The Morgan fingerprint density at radius 3 is 2.36 bits per heavy atom. The van der Waals surface area contributed by atoms with Crippen molar-refractivity contribution in [2.45, 2.75) is 109 Å². The first-order valence-corrected chi connectivity index (χ1v) is 13.9.